The van der Waals surface area contributed by atoms with Crippen molar-refractivity contribution in [2.75, 3.05) is 27.4 Å². The number of fused-ring (bicyclic) bond motifs is 1. The third-order valence-corrected chi connectivity index (χ3v) is 4.62. The summed E-state index contributed by atoms with van der Waals surface area (Å²) >= 11 is 0. The fraction of sp³-hybridized carbons (Fsp3) is 0.684. The van der Waals surface area contributed by atoms with Crippen molar-refractivity contribution in [2.24, 2.45) is 5.41 Å². The standard InChI is InChI=1S/C19H30O2/c1-4-5-6-7-8-16-9-10-17-12-19(14-20-2,15-21-3)13-18(17)11-16/h9-11H,4-8,12-15H2,1-3H3. The Morgan fingerprint density at radius 3 is 2.33 bits per heavy atom. The Labute approximate surface area is 129 Å². The predicted octanol–water partition coefficient (Wildman–Crippen LogP) is 4.19. The van der Waals surface area contributed by atoms with E-state index in [0.29, 0.717) is 0 Å². The van der Waals surface area contributed by atoms with Crippen molar-refractivity contribution in [3.8, 4) is 0 Å². The van der Waals surface area contributed by atoms with Crippen molar-refractivity contribution >= 4 is 0 Å². The predicted molar refractivity (Wildman–Crippen MR) is 87.9 cm³/mol. The lowest BCUT2D eigenvalue weighted by molar-refractivity contribution is 0.0168. The van der Waals surface area contributed by atoms with E-state index in [4.69, 9.17) is 9.47 Å². The first kappa shape index (κ1) is 16.5. The summed E-state index contributed by atoms with van der Waals surface area (Å²) in [5.74, 6) is 0. The maximum Gasteiger partial charge on any atom is 0.0547 e. The van der Waals surface area contributed by atoms with Gasteiger partial charge >= 0.3 is 0 Å². The Balaban J connectivity index is 2.00. The number of aryl methyl sites for hydroxylation is 1. The molecule has 0 aromatic heterocycles. The van der Waals surface area contributed by atoms with Gasteiger partial charge in [0.05, 0.1) is 13.2 Å². The summed E-state index contributed by atoms with van der Waals surface area (Å²) in [6, 6.07) is 7.08. The number of unbranched alkanes of at least 4 members (excludes halogenated alkanes) is 3. The number of hydrogen-bond donors (Lipinski definition) is 0. The van der Waals surface area contributed by atoms with Crippen LogP contribution in [0.5, 0.6) is 0 Å². The molecule has 0 fully saturated rings. The minimum absolute atomic E-state index is 0.146. The van der Waals surface area contributed by atoms with E-state index in [1.165, 1.54) is 48.8 Å². The molecule has 1 aromatic rings. The number of hydrogen-bond acceptors (Lipinski definition) is 2. The summed E-state index contributed by atoms with van der Waals surface area (Å²) in [5.41, 5.74) is 4.64. The number of ether oxygens (including phenoxy) is 2. The first-order chi connectivity index (χ1) is 10.2. The van der Waals surface area contributed by atoms with Crippen molar-refractivity contribution in [3.63, 3.8) is 0 Å². The Kier molecular flexibility index (Phi) is 6.25. The van der Waals surface area contributed by atoms with E-state index in [-0.39, 0.29) is 5.41 Å². The van der Waals surface area contributed by atoms with Crippen LogP contribution in [0.1, 0.15) is 49.3 Å². The van der Waals surface area contributed by atoms with Crippen molar-refractivity contribution in [1.82, 2.24) is 0 Å². The molecule has 0 aliphatic heterocycles. The molecule has 0 saturated heterocycles. The van der Waals surface area contributed by atoms with Gasteiger partial charge in [-0.1, -0.05) is 44.4 Å². The van der Waals surface area contributed by atoms with Crippen molar-refractivity contribution in [3.05, 3.63) is 34.9 Å². The van der Waals surface area contributed by atoms with Gasteiger partial charge in [0, 0.05) is 19.6 Å². The Morgan fingerprint density at radius 2 is 1.67 bits per heavy atom. The smallest absolute Gasteiger partial charge is 0.0547 e. The maximum absolute atomic E-state index is 5.45. The highest BCUT2D eigenvalue weighted by atomic mass is 16.5. The third kappa shape index (κ3) is 4.31. The van der Waals surface area contributed by atoms with Crippen LogP contribution < -0.4 is 0 Å². The molecule has 0 unspecified atom stereocenters. The maximum atomic E-state index is 5.45. The van der Waals surface area contributed by atoms with E-state index >= 15 is 0 Å². The van der Waals surface area contributed by atoms with E-state index in [0.717, 1.165) is 26.1 Å². The zero-order valence-corrected chi connectivity index (χ0v) is 13.9. The fourth-order valence-corrected chi connectivity index (χ4v) is 3.66. The van der Waals surface area contributed by atoms with Gasteiger partial charge < -0.3 is 9.47 Å². The van der Waals surface area contributed by atoms with Crippen LogP contribution in [0, 0.1) is 5.41 Å². The van der Waals surface area contributed by atoms with E-state index in [1.54, 1.807) is 14.2 Å². The second kappa shape index (κ2) is 7.95. The minimum Gasteiger partial charge on any atom is -0.384 e. The molecule has 0 spiro atoms. The van der Waals surface area contributed by atoms with Crippen molar-refractivity contribution < 1.29 is 9.47 Å². The highest BCUT2D eigenvalue weighted by Crippen LogP contribution is 2.38. The largest absolute Gasteiger partial charge is 0.384 e. The molecule has 0 atom stereocenters. The Morgan fingerprint density at radius 1 is 0.952 bits per heavy atom. The Hall–Kier alpha value is -0.860. The van der Waals surface area contributed by atoms with E-state index in [9.17, 15) is 0 Å². The molecule has 0 heterocycles. The molecule has 21 heavy (non-hydrogen) atoms. The Bertz CT molecular complexity index is 433. The molecular formula is C19H30O2. The SMILES string of the molecule is CCCCCCc1ccc2c(c1)CC(COC)(COC)C2. The van der Waals surface area contributed by atoms with Crippen LogP contribution in [0.25, 0.3) is 0 Å². The molecular weight excluding hydrogens is 260 g/mol. The lowest BCUT2D eigenvalue weighted by Gasteiger charge is -2.26. The molecule has 0 amide bonds. The first-order valence-electron chi connectivity index (χ1n) is 8.31. The molecule has 0 saturated carbocycles. The quantitative estimate of drug-likeness (QED) is 0.635. The van der Waals surface area contributed by atoms with Gasteiger partial charge in [-0.15, -0.1) is 0 Å². The van der Waals surface area contributed by atoms with E-state index < -0.39 is 0 Å². The summed E-state index contributed by atoms with van der Waals surface area (Å²) in [6.45, 7) is 3.82. The monoisotopic (exact) mass is 290 g/mol. The molecule has 118 valence electrons. The van der Waals surface area contributed by atoms with Crippen LogP contribution in [0.3, 0.4) is 0 Å². The molecule has 2 nitrogen and oxygen atoms in total. The van der Waals surface area contributed by atoms with Gasteiger partial charge in [-0.3, -0.25) is 0 Å². The minimum atomic E-state index is 0.146. The van der Waals surface area contributed by atoms with Crippen LogP contribution in [0.15, 0.2) is 18.2 Å². The highest BCUT2D eigenvalue weighted by molar-refractivity contribution is 5.38. The average molecular weight is 290 g/mol. The van der Waals surface area contributed by atoms with Crippen LogP contribution in [-0.4, -0.2) is 27.4 Å². The summed E-state index contributed by atoms with van der Waals surface area (Å²) in [7, 11) is 3.58. The van der Waals surface area contributed by atoms with Gasteiger partial charge in [-0.05, 0) is 42.4 Å². The summed E-state index contributed by atoms with van der Waals surface area (Å²) in [4.78, 5) is 0. The third-order valence-electron chi connectivity index (χ3n) is 4.62. The van der Waals surface area contributed by atoms with Gasteiger partial charge in [0.25, 0.3) is 0 Å². The van der Waals surface area contributed by atoms with Crippen LogP contribution in [0.4, 0.5) is 0 Å². The van der Waals surface area contributed by atoms with Crippen LogP contribution >= 0.6 is 0 Å². The summed E-state index contributed by atoms with van der Waals surface area (Å²) < 4.78 is 10.9. The van der Waals surface area contributed by atoms with Gasteiger partial charge in [0.15, 0.2) is 0 Å². The molecule has 2 rings (SSSR count). The van der Waals surface area contributed by atoms with E-state index in [2.05, 4.69) is 25.1 Å². The van der Waals surface area contributed by atoms with Gasteiger partial charge in [-0.2, -0.15) is 0 Å². The van der Waals surface area contributed by atoms with Crippen molar-refractivity contribution in [1.29, 1.82) is 0 Å². The van der Waals surface area contributed by atoms with Crippen LogP contribution in [-0.2, 0) is 28.7 Å². The van der Waals surface area contributed by atoms with Gasteiger partial charge in [0.2, 0.25) is 0 Å². The summed E-state index contributed by atoms with van der Waals surface area (Å²) in [6.07, 6.45) is 8.72. The fourth-order valence-electron chi connectivity index (χ4n) is 3.66. The second-order valence-electron chi connectivity index (χ2n) is 6.63. The molecule has 0 bridgehead atoms. The second-order valence-corrected chi connectivity index (χ2v) is 6.63. The average Bonchev–Trinajstić information content (AvgIpc) is 2.81. The zero-order chi connectivity index (χ0) is 15.1. The lowest BCUT2D eigenvalue weighted by atomic mass is 9.86. The number of benzene rings is 1. The molecule has 1 aromatic carbocycles. The molecule has 0 N–H and O–H groups in total. The molecule has 1 aliphatic carbocycles. The number of methoxy groups -OCH3 is 2. The van der Waals surface area contributed by atoms with Crippen molar-refractivity contribution in [2.45, 2.75) is 51.9 Å². The summed E-state index contributed by atoms with van der Waals surface area (Å²) in [5, 5.41) is 0. The molecule has 1 aliphatic rings. The number of rotatable bonds is 9. The normalized spacial score (nSPS) is 16.1. The van der Waals surface area contributed by atoms with E-state index in [1.807, 2.05) is 0 Å². The highest BCUT2D eigenvalue weighted by Gasteiger charge is 2.37. The molecule has 0 radical (unpaired) electrons. The zero-order valence-electron chi connectivity index (χ0n) is 13.9. The van der Waals surface area contributed by atoms with Gasteiger partial charge in [-0.25, -0.2) is 0 Å². The van der Waals surface area contributed by atoms with Gasteiger partial charge in [0.1, 0.15) is 0 Å². The lowest BCUT2D eigenvalue weighted by Crippen LogP contribution is -2.32. The topological polar surface area (TPSA) is 18.5 Å². The first-order valence-corrected chi connectivity index (χ1v) is 8.31. The molecule has 2 heteroatoms. The van der Waals surface area contributed by atoms with Crippen LogP contribution in [0.2, 0.25) is 0 Å².